The molecule has 12 aromatic rings. The van der Waals surface area contributed by atoms with E-state index in [0.717, 1.165) is 131 Å². The number of carbonyl (C=O) groups excluding carboxylic acids is 3. The van der Waals surface area contributed by atoms with Crippen molar-refractivity contribution in [2.45, 2.75) is 179 Å². The Labute approximate surface area is 839 Å². The van der Waals surface area contributed by atoms with Crippen LogP contribution < -0.4 is 28.9 Å². The number of rotatable bonds is 32. The lowest BCUT2D eigenvalue weighted by atomic mass is 9.84. The monoisotopic (exact) mass is 2140 g/mol. The Kier molecular flexibility index (Phi) is 35.0. The number of aromatic nitrogens is 2. The highest BCUT2D eigenvalue weighted by Gasteiger charge is 2.41. The third-order valence-corrected chi connectivity index (χ3v) is 34.6. The SMILES string of the molecule is Cc1c(F)c(F)c(S(=O)(=O)N(C)CC(=O)N(Cc2ccc(C3CCCCC3)cc2)c2ccc(NS(=O)(=O)c3cccc4ccccc34)cc2)c(F)c1F.Cc1c(F)c(F)c(S(=O)(=O)N(C)CC(=O)N(Cc2ccc(C3CCCCC3)cc2)c2ccc(NS(=O)(=O)c3cn(C)cn3)cc2)c(F)c1F.Cc1c(F)c(F)c(S(=O)(=O)N(C)CC(=O)N(Cc2ccc(C3CCCCC3)cc2)c2ccc(NS(C)(=O)=O)cc2)c(F)c1F. The van der Waals surface area contributed by atoms with E-state index in [-0.39, 0.29) is 63.7 Å². The van der Waals surface area contributed by atoms with Gasteiger partial charge < -0.3 is 19.3 Å². The van der Waals surface area contributed by atoms with Crippen molar-refractivity contribution in [2.24, 2.45) is 7.05 Å². The standard InChI is InChI=1S/C39H37F4N3O5S2.C33H35F4N5O5S2.C30H33F4N3O5S2/c1-25-35(40)37(42)39(38(43)36(25)41)53(50,51)45(2)24-34(47)46(23-26-15-17-28(18-16-26)27-9-4-3-5-10-27)31-21-19-30(20-22-31)44-52(48,49)33-14-8-12-29-11-6-7-13-32(29)33;1-21-29(34)31(36)33(32(37)30(21)35)49(46,47)41(3)19-28(43)42(17-22-9-11-24(12-10-22)23-7-5-4-6-8-23)26-15-13-25(14-16-26)39-48(44,45)27-18-40(2)20-38-27;1-19-26(31)28(33)30(29(34)27(19)32)44(41,42)36(2)18-25(38)37(24-15-13-23(14-16-24)35-43(3,39)40)17-20-9-11-22(12-10-20)21-7-5-4-6-8-21/h6-8,11-22,27,44H,3-5,9-10,23-24H2,1-2H3;9-16,18,20,23,39H,4-8,17,19H2,1-3H3;9-16,21,35H,4-8,17-18H2,1-3H3. The summed E-state index contributed by atoms with van der Waals surface area (Å²) in [7, 11) is -23.2. The number of likely N-dealkylation sites (N-methyl/N-ethyl adjacent to an activating group) is 3. The minimum Gasteiger partial charge on any atom is -0.339 e. The van der Waals surface area contributed by atoms with Gasteiger partial charge in [0.25, 0.3) is 20.0 Å². The fourth-order valence-electron chi connectivity index (χ4n) is 17.6. The highest BCUT2D eigenvalue weighted by atomic mass is 32.2. The van der Waals surface area contributed by atoms with Crippen molar-refractivity contribution in [1.29, 1.82) is 0 Å². The lowest BCUT2D eigenvalue weighted by Crippen LogP contribution is -2.41. The molecule has 1 aromatic heterocycles. The van der Waals surface area contributed by atoms with Gasteiger partial charge in [0.05, 0.1) is 56.7 Å². The second-order valence-corrected chi connectivity index (χ2v) is 47.1. The van der Waals surface area contributed by atoms with E-state index in [4.69, 9.17) is 0 Å². The molecule has 0 bridgehead atoms. The van der Waals surface area contributed by atoms with Gasteiger partial charge in [0.15, 0.2) is 89.5 Å². The smallest absolute Gasteiger partial charge is 0.280 e. The maximum absolute atomic E-state index is 14.8. The molecule has 0 saturated heterocycles. The molecule has 3 N–H and O–H groups in total. The summed E-state index contributed by atoms with van der Waals surface area (Å²) in [5, 5.41) is 1.06. The van der Waals surface area contributed by atoms with Crippen LogP contribution in [-0.2, 0) is 101 Å². The molecule has 3 aliphatic rings. The van der Waals surface area contributed by atoms with Crippen LogP contribution in [0.3, 0.4) is 0 Å². The van der Waals surface area contributed by atoms with E-state index >= 15 is 0 Å². The van der Waals surface area contributed by atoms with E-state index in [0.29, 0.717) is 52.7 Å². The van der Waals surface area contributed by atoms with Crippen LogP contribution in [0.4, 0.5) is 86.8 Å². The molecule has 0 aliphatic heterocycles. The number of halogens is 12. The molecule has 3 aliphatic carbocycles. The van der Waals surface area contributed by atoms with Crippen molar-refractivity contribution in [3.8, 4) is 0 Å². The van der Waals surface area contributed by atoms with Gasteiger partial charge in [-0.15, -0.1) is 0 Å². The highest BCUT2D eigenvalue weighted by molar-refractivity contribution is 7.93. The van der Waals surface area contributed by atoms with E-state index in [9.17, 15) is 118 Å². The zero-order chi connectivity index (χ0) is 106. The third-order valence-electron chi connectivity index (χ3n) is 25.8. The fourth-order valence-corrected chi connectivity index (χ4v) is 24.2. The maximum Gasteiger partial charge on any atom is 0.280 e. The van der Waals surface area contributed by atoms with E-state index in [1.807, 2.05) is 72.8 Å². The fraction of sp³-hybridized carbons (Fsp3) is 0.314. The molecular formula is C102H105F12N11O15S6. The van der Waals surface area contributed by atoms with Crippen LogP contribution in [0.2, 0.25) is 0 Å². The van der Waals surface area contributed by atoms with E-state index < -0.39 is 199 Å². The lowest BCUT2D eigenvalue weighted by Gasteiger charge is -2.27. The minimum atomic E-state index is -5.25. The number of amides is 3. The first-order valence-electron chi connectivity index (χ1n) is 46.2. The van der Waals surface area contributed by atoms with Gasteiger partial charge in [-0.3, -0.25) is 28.5 Å². The van der Waals surface area contributed by atoms with Crippen LogP contribution in [0.25, 0.3) is 10.8 Å². The summed E-state index contributed by atoms with van der Waals surface area (Å²) >= 11 is 0. The van der Waals surface area contributed by atoms with E-state index in [2.05, 4.69) is 19.2 Å². The zero-order valence-corrected chi connectivity index (χ0v) is 85.2. The third kappa shape index (κ3) is 25.4. The predicted molar refractivity (Wildman–Crippen MR) is 529 cm³/mol. The molecule has 3 amide bonds. The Balaban J connectivity index is 0.000000184. The number of hydrogen-bond acceptors (Lipinski definition) is 16. The molecule has 0 spiro atoms. The number of aryl methyl sites for hydroxylation is 1. The maximum atomic E-state index is 14.8. The van der Waals surface area contributed by atoms with Crippen LogP contribution in [0.5, 0.6) is 0 Å². The van der Waals surface area contributed by atoms with Crippen LogP contribution in [0.1, 0.15) is 164 Å². The summed E-state index contributed by atoms with van der Waals surface area (Å²) in [6.45, 7) is -0.747. The summed E-state index contributed by atoms with van der Waals surface area (Å²) in [5.41, 5.74) is 3.78. The van der Waals surface area contributed by atoms with Gasteiger partial charge in [0.1, 0.15) is 0 Å². The van der Waals surface area contributed by atoms with Gasteiger partial charge in [-0.2, -0.15) is 21.3 Å². The Bertz CT molecular complexity index is 7520. The number of nitrogens with one attached hydrogen (secondary N) is 3. The summed E-state index contributed by atoms with van der Waals surface area (Å²) in [4.78, 5) is 43.3. The zero-order valence-electron chi connectivity index (χ0n) is 80.3. The molecular weight excluding hydrogens is 2040 g/mol. The van der Waals surface area contributed by atoms with Gasteiger partial charge >= 0.3 is 0 Å². The first-order valence-corrected chi connectivity index (χ1v) is 55.4. The Morgan fingerprint density at radius 2 is 0.616 bits per heavy atom. The van der Waals surface area contributed by atoms with Crippen molar-refractivity contribution in [3.05, 3.63) is 320 Å². The van der Waals surface area contributed by atoms with Crippen molar-refractivity contribution in [3.63, 3.8) is 0 Å². The molecule has 146 heavy (non-hydrogen) atoms. The quantitative estimate of drug-likeness (QED) is 0.0260. The molecule has 1 heterocycles. The molecule has 0 atom stereocenters. The van der Waals surface area contributed by atoms with Gasteiger partial charge in [-0.1, -0.05) is 167 Å². The summed E-state index contributed by atoms with van der Waals surface area (Å²) < 4.78 is 338. The molecule has 0 radical (unpaired) electrons. The van der Waals surface area contributed by atoms with Crippen molar-refractivity contribution >= 4 is 123 Å². The first kappa shape index (κ1) is 111. The number of imidazole rings is 1. The number of nitrogens with zero attached hydrogens (tertiary/aromatic N) is 8. The highest BCUT2D eigenvalue weighted by Crippen LogP contribution is 2.41. The number of anilines is 6. The van der Waals surface area contributed by atoms with Gasteiger partial charge in [-0.25, -0.2) is 99.8 Å². The lowest BCUT2D eigenvalue weighted by molar-refractivity contribution is -0.119. The topological polar surface area (TPSA) is 329 Å². The summed E-state index contributed by atoms with van der Waals surface area (Å²) in [5.74, 6) is -25.0. The van der Waals surface area contributed by atoms with Crippen LogP contribution in [0, 0.1) is 90.6 Å². The van der Waals surface area contributed by atoms with Gasteiger partial charge in [0.2, 0.25) is 57.8 Å². The number of sulfonamides is 6. The van der Waals surface area contributed by atoms with E-state index in [1.165, 1.54) is 147 Å². The average Bonchev–Trinajstić information content (AvgIpc) is 0.927. The largest absolute Gasteiger partial charge is 0.339 e. The number of carbonyl (C=O) groups is 3. The Morgan fingerprint density at radius 1 is 0.342 bits per heavy atom. The van der Waals surface area contributed by atoms with Gasteiger partial charge in [-0.05, 0) is 195 Å². The minimum absolute atomic E-state index is 0.0347. The number of fused-ring (bicyclic) bond motifs is 1. The number of hydrogen-bond donors (Lipinski definition) is 3. The number of benzene rings is 11. The second kappa shape index (κ2) is 46.2. The van der Waals surface area contributed by atoms with Crippen molar-refractivity contribution in [2.75, 3.05) is 75.9 Å². The van der Waals surface area contributed by atoms with Crippen LogP contribution >= 0.6 is 0 Å². The normalized spacial score (nSPS) is 14.3. The molecule has 0 unspecified atom stereocenters. The second-order valence-electron chi connectivity index (χ2n) is 36.2. The first-order chi connectivity index (χ1) is 68.9. The molecule has 44 heteroatoms. The average molecular weight is 2150 g/mol. The van der Waals surface area contributed by atoms with Crippen LogP contribution in [0.15, 0.2) is 225 Å². The van der Waals surface area contributed by atoms with Crippen LogP contribution in [-0.4, -0.2) is 138 Å². The molecule has 26 nitrogen and oxygen atoms in total. The van der Waals surface area contributed by atoms with Gasteiger partial charge in [0, 0.05) is 90.6 Å². The molecule has 15 rings (SSSR count). The Morgan fingerprint density at radius 3 is 0.897 bits per heavy atom. The van der Waals surface area contributed by atoms with Crippen molar-refractivity contribution < 1.29 is 118 Å². The molecule has 778 valence electrons. The summed E-state index contributed by atoms with van der Waals surface area (Å²) in [6.07, 6.45) is 20.6. The Hall–Kier alpha value is -12.6. The molecule has 3 fully saturated rings. The predicted octanol–water partition coefficient (Wildman–Crippen LogP) is 20.2. The summed E-state index contributed by atoms with van der Waals surface area (Å²) in [6, 6.07) is 52.1. The van der Waals surface area contributed by atoms with Crippen molar-refractivity contribution in [1.82, 2.24) is 22.5 Å². The van der Waals surface area contributed by atoms with E-state index in [1.54, 1.807) is 43.4 Å². The molecule has 3 saturated carbocycles. The molecule has 11 aromatic carbocycles.